The summed E-state index contributed by atoms with van der Waals surface area (Å²) in [6.07, 6.45) is 0. The van der Waals surface area contributed by atoms with Gasteiger partial charge in [-0.05, 0) is 29.1 Å². The molecule has 0 spiro atoms. The largest absolute Gasteiger partial charge is 0.462 e. The van der Waals surface area contributed by atoms with Gasteiger partial charge in [-0.25, -0.2) is 4.79 Å². The highest BCUT2D eigenvalue weighted by Gasteiger charge is 2.14. The summed E-state index contributed by atoms with van der Waals surface area (Å²) in [4.78, 5) is 11.9. The first-order valence-electron chi connectivity index (χ1n) is 6.59. The van der Waals surface area contributed by atoms with Crippen LogP contribution >= 0.6 is 0 Å². The van der Waals surface area contributed by atoms with Crippen LogP contribution in [-0.4, -0.2) is 12.6 Å². The van der Waals surface area contributed by atoms with E-state index in [0.717, 1.165) is 21.5 Å². The van der Waals surface area contributed by atoms with Crippen molar-refractivity contribution in [3.05, 3.63) is 54.1 Å². The summed E-state index contributed by atoms with van der Waals surface area (Å²) in [5, 5.41) is 4.09. The maximum atomic E-state index is 11.9. The Balaban J connectivity index is 2.35. The molecule has 20 heavy (non-hydrogen) atoms. The SMILES string of the molecule is CCOC(=O)c1ccc2ccc3ccccc3c2c1N. The lowest BCUT2D eigenvalue weighted by Gasteiger charge is -2.11. The third kappa shape index (κ3) is 1.88. The maximum Gasteiger partial charge on any atom is 0.340 e. The quantitative estimate of drug-likeness (QED) is 0.436. The van der Waals surface area contributed by atoms with Crippen molar-refractivity contribution >= 4 is 33.2 Å². The van der Waals surface area contributed by atoms with Crippen molar-refractivity contribution in [3.8, 4) is 0 Å². The van der Waals surface area contributed by atoms with Crippen LogP contribution in [0.4, 0.5) is 5.69 Å². The zero-order chi connectivity index (χ0) is 14.1. The predicted octanol–water partition coefficient (Wildman–Crippen LogP) is 3.75. The van der Waals surface area contributed by atoms with Crippen molar-refractivity contribution < 1.29 is 9.53 Å². The summed E-state index contributed by atoms with van der Waals surface area (Å²) in [6, 6.07) is 15.7. The number of nitrogen functional groups attached to an aromatic ring is 1. The first-order valence-corrected chi connectivity index (χ1v) is 6.59. The van der Waals surface area contributed by atoms with Gasteiger partial charge in [0, 0.05) is 5.39 Å². The number of nitrogens with two attached hydrogens (primary N) is 1. The molecule has 3 aromatic carbocycles. The molecule has 0 aromatic heterocycles. The lowest BCUT2D eigenvalue weighted by Crippen LogP contribution is -2.08. The summed E-state index contributed by atoms with van der Waals surface area (Å²) in [7, 11) is 0. The number of carbonyl (C=O) groups is 1. The fraction of sp³-hybridized carbons (Fsp3) is 0.118. The molecule has 2 N–H and O–H groups in total. The van der Waals surface area contributed by atoms with E-state index in [1.165, 1.54) is 0 Å². The van der Waals surface area contributed by atoms with Crippen LogP contribution in [0.1, 0.15) is 17.3 Å². The molecule has 0 radical (unpaired) electrons. The van der Waals surface area contributed by atoms with E-state index in [1.54, 1.807) is 13.0 Å². The van der Waals surface area contributed by atoms with Gasteiger partial charge in [0.05, 0.1) is 17.9 Å². The Morgan fingerprint density at radius 1 is 1.05 bits per heavy atom. The van der Waals surface area contributed by atoms with Gasteiger partial charge in [-0.15, -0.1) is 0 Å². The Bertz CT molecular complexity index is 809. The van der Waals surface area contributed by atoms with Crippen LogP contribution in [-0.2, 0) is 4.74 Å². The second-order valence-corrected chi connectivity index (χ2v) is 4.63. The molecular formula is C17H15NO2. The zero-order valence-corrected chi connectivity index (χ0v) is 11.2. The van der Waals surface area contributed by atoms with Crippen LogP contribution in [0, 0.1) is 0 Å². The van der Waals surface area contributed by atoms with Gasteiger partial charge in [0.15, 0.2) is 0 Å². The van der Waals surface area contributed by atoms with Crippen LogP contribution in [0.2, 0.25) is 0 Å². The van der Waals surface area contributed by atoms with Crippen molar-refractivity contribution in [1.82, 2.24) is 0 Å². The van der Waals surface area contributed by atoms with Crippen molar-refractivity contribution in [2.24, 2.45) is 0 Å². The van der Waals surface area contributed by atoms with Gasteiger partial charge >= 0.3 is 5.97 Å². The minimum atomic E-state index is -0.375. The standard InChI is InChI=1S/C17H15NO2/c1-2-20-17(19)14-10-9-12-8-7-11-5-3-4-6-13(11)15(12)16(14)18/h3-10H,2,18H2,1H3. The topological polar surface area (TPSA) is 52.3 Å². The van der Waals surface area contributed by atoms with Crippen LogP contribution in [0.3, 0.4) is 0 Å². The van der Waals surface area contributed by atoms with E-state index in [-0.39, 0.29) is 5.97 Å². The normalized spacial score (nSPS) is 10.8. The van der Waals surface area contributed by atoms with Gasteiger partial charge in [0.1, 0.15) is 0 Å². The maximum absolute atomic E-state index is 11.9. The van der Waals surface area contributed by atoms with E-state index in [9.17, 15) is 4.79 Å². The van der Waals surface area contributed by atoms with E-state index in [4.69, 9.17) is 10.5 Å². The molecule has 0 bridgehead atoms. The average Bonchev–Trinajstić information content (AvgIpc) is 2.47. The minimum absolute atomic E-state index is 0.339. The van der Waals surface area contributed by atoms with Gasteiger partial charge in [-0.3, -0.25) is 0 Å². The molecule has 0 aliphatic heterocycles. The van der Waals surface area contributed by atoms with Crippen LogP contribution in [0.15, 0.2) is 48.5 Å². The molecule has 0 heterocycles. The molecule has 0 saturated carbocycles. The van der Waals surface area contributed by atoms with Crippen LogP contribution in [0.5, 0.6) is 0 Å². The highest BCUT2D eigenvalue weighted by atomic mass is 16.5. The fourth-order valence-electron chi connectivity index (χ4n) is 2.51. The van der Waals surface area contributed by atoms with Gasteiger partial charge < -0.3 is 10.5 Å². The Hall–Kier alpha value is -2.55. The average molecular weight is 265 g/mol. The van der Waals surface area contributed by atoms with E-state index < -0.39 is 0 Å². The van der Waals surface area contributed by atoms with Gasteiger partial charge in [-0.2, -0.15) is 0 Å². The third-order valence-corrected chi connectivity index (χ3v) is 3.45. The third-order valence-electron chi connectivity index (χ3n) is 3.45. The van der Waals surface area contributed by atoms with E-state index in [1.807, 2.05) is 36.4 Å². The Morgan fingerprint density at radius 3 is 2.55 bits per heavy atom. The van der Waals surface area contributed by atoms with Crippen molar-refractivity contribution in [2.75, 3.05) is 12.3 Å². The molecule has 3 rings (SSSR count). The second-order valence-electron chi connectivity index (χ2n) is 4.63. The lowest BCUT2D eigenvalue weighted by molar-refractivity contribution is 0.0528. The van der Waals surface area contributed by atoms with E-state index >= 15 is 0 Å². The molecule has 0 unspecified atom stereocenters. The monoisotopic (exact) mass is 265 g/mol. The number of hydrogen-bond acceptors (Lipinski definition) is 3. The Morgan fingerprint density at radius 2 is 1.75 bits per heavy atom. The molecule has 0 atom stereocenters. The predicted molar refractivity (Wildman–Crippen MR) is 81.8 cm³/mol. The molecular weight excluding hydrogens is 250 g/mol. The van der Waals surface area contributed by atoms with Crippen molar-refractivity contribution in [1.29, 1.82) is 0 Å². The fourth-order valence-corrected chi connectivity index (χ4v) is 2.51. The number of fused-ring (bicyclic) bond motifs is 3. The highest BCUT2D eigenvalue weighted by Crippen LogP contribution is 2.32. The molecule has 0 aliphatic rings. The summed E-state index contributed by atoms with van der Waals surface area (Å²) < 4.78 is 5.05. The number of ether oxygens (including phenoxy) is 1. The van der Waals surface area contributed by atoms with E-state index in [2.05, 4.69) is 6.07 Å². The first-order chi connectivity index (χ1) is 9.72. The van der Waals surface area contributed by atoms with Crippen LogP contribution in [0.25, 0.3) is 21.5 Å². The Labute approximate surface area is 117 Å². The number of rotatable bonds is 2. The molecule has 0 saturated heterocycles. The second kappa shape index (κ2) is 4.85. The highest BCUT2D eigenvalue weighted by molar-refractivity contribution is 6.16. The molecule has 0 amide bonds. The Kier molecular flexibility index (Phi) is 3.03. The van der Waals surface area contributed by atoms with Gasteiger partial charge in [0.2, 0.25) is 0 Å². The summed E-state index contributed by atoms with van der Waals surface area (Å²) >= 11 is 0. The summed E-state index contributed by atoms with van der Waals surface area (Å²) in [5.74, 6) is -0.375. The smallest absolute Gasteiger partial charge is 0.340 e. The molecule has 0 fully saturated rings. The number of anilines is 1. The van der Waals surface area contributed by atoms with Crippen molar-refractivity contribution in [2.45, 2.75) is 6.92 Å². The summed E-state index contributed by atoms with van der Waals surface area (Å²) in [5.41, 5.74) is 7.13. The molecule has 3 nitrogen and oxygen atoms in total. The van der Waals surface area contributed by atoms with Crippen molar-refractivity contribution in [3.63, 3.8) is 0 Å². The van der Waals surface area contributed by atoms with Crippen LogP contribution < -0.4 is 5.73 Å². The molecule has 100 valence electrons. The number of carbonyl (C=O) groups excluding carboxylic acids is 1. The number of benzene rings is 3. The van der Waals surface area contributed by atoms with E-state index in [0.29, 0.717) is 17.9 Å². The summed E-state index contributed by atoms with van der Waals surface area (Å²) in [6.45, 7) is 2.12. The first kappa shape index (κ1) is 12.5. The lowest BCUT2D eigenvalue weighted by atomic mass is 9.98. The zero-order valence-electron chi connectivity index (χ0n) is 11.2. The van der Waals surface area contributed by atoms with Gasteiger partial charge in [0.25, 0.3) is 0 Å². The molecule has 0 aliphatic carbocycles. The van der Waals surface area contributed by atoms with Gasteiger partial charge in [-0.1, -0.05) is 42.5 Å². The minimum Gasteiger partial charge on any atom is -0.462 e. The molecule has 3 heteroatoms. The molecule has 3 aromatic rings. The number of hydrogen-bond donors (Lipinski definition) is 1. The number of esters is 1.